The average molecular weight is 423 g/mol. The van der Waals surface area contributed by atoms with E-state index in [1.54, 1.807) is 0 Å². The molecule has 0 radical (unpaired) electrons. The van der Waals surface area contributed by atoms with Crippen LogP contribution in [-0.4, -0.2) is 68.0 Å². The summed E-state index contributed by atoms with van der Waals surface area (Å²) in [7, 11) is 0. The first-order chi connectivity index (χ1) is 0. The second-order valence-corrected chi connectivity index (χ2v) is 0. The summed E-state index contributed by atoms with van der Waals surface area (Å²) in [6.45, 7) is 0. The van der Waals surface area contributed by atoms with Crippen molar-refractivity contribution >= 4 is 68.0 Å². The van der Waals surface area contributed by atoms with Crippen molar-refractivity contribution in [1.29, 1.82) is 0 Å². The first-order valence-electron chi connectivity index (χ1n) is 0. The van der Waals surface area contributed by atoms with Gasteiger partial charge in [0.25, 0.3) is 0 Å². The summed E-state index contributed by atoms with van der Waals surface area (Å²) in [6, 6.07) is 0. The van der Waals surface area contributed by atoms with Crippen molar-refractivity contribution in [1.82, 2.24) is 0 Å². The van der Waals surface area contributed by atoms with Gasteiger partial charge in [0.05, 0.1) is 0 Å². The Bertz CT molecular complexity index is 8.00. The molecule has 0 spiro atoms. The van der Waals surface area contributed by atoms with Gasteiger partial charge in [-0.05, 0) is 0 Å². The third-order valence-electron chi connectivity index (χ3n) is 0. The van der Waals surface area contributed by atoms with Crippen LogP contribution < -0.4 is 0 Å². The van der Waals surface area contributed by atoms with E-state index in [1.165, 1.54) is 0 Å². The van der Waals surface area contributed by atoms with Crippen molar-refractivity contribution < 1.29 is 17.1 Å². The normalized spacial score (nSPS) is 0. The van der Waals surface area contributed by atoms with Crippen LogP contribution in [0, 0.1) is 0 Å². The molecule has 0 saturated carbocycles. The van der Waals surface area contributed by atoms with Crippen molar-refractivity contribution in [3.05, 3.63) is 0 Å². The Balaban J connectivity index is 0. The van der Waals surface area contributed by atoms with Gasteiger partial charge in [0.1, 0.15) is 0 Å². The molecule has 0 N–H and O–H groups in total. The van der Waals surface area contributed by atoms with Crippen molar-refractivity contribution in [2.75, 3.05) is 0 Å². The Morgan fingerprint density at radius 2 is 1.00 bits per heavy atom. The van der Waals surface area contributed by atoms with Crippen LogP contribution in [0.3, 0.4) is 0 Å². The van der Waals surface area contributed by atoms with Gasteiger partial charge in [0, 0.05) is 17.1 Å². The maximum atomic E-state index is 0. The molecule has 0 amide bonds. The Hall–Kier alpha value is 2.75. The molecule has 0 aliphatic heterocycles. The second kappa shape index (κ2) is 17.1. The Labute approximate surface area is 83.7 Å². The van der Waals surface area contributed by atoms with Gasteiger partial charge in [-0.3, -0.25) is 0 Å². The molecule has 0 nitrogen and oxygen atoms in total. The molecule has 0 saturated heterocycles. The average Bonchev–Trinajstić information content (AvgIpc) is 0. The fourth-order valence-corrected chi connectivity index (χ4v) is 0. The van der Waals surface area contributed by atoms with E-state index in [-0.39, 0.29) is 85.1 Å². The molecule has 4 heavy (non-hydrogen) atoms. The van der Waals surface area contributed by atoms with Crippen molar-refractivity contribution in [3.63, 3.8) is 0 Å². The standard InChI is InChI=1S/Al.Bi.Fe.Sb.9H. The predicted octanol–water partition coefficient (Wildman–Crippen LogP) is -3.55. The SMILES string of the molecule is [AlH3].[BiH3].[Fe].[SbH3]. The molecular weight excluding hydrogens is 414 g/mol. The van der Waals surface area contributed by atoms with Gasteiger partial charge in [-0.25, -0.2) is 0 Å². The molecule has 4 heteroatoms. The van der Waals surface area contributed by atoms with Gasteiger partial charge in [-0.15, -0.1) is 0 Å². The van der Waals surface area contributed by atoms with Gasteiger partial charge in [0.15, 0.2) is 17.4 Å². The molecule has 0 aliphatic carbocycles. The predicted molar refractivity (Wildman–Crippen MR) is 29.8 cm³/mol. The molecule has 0 aliphatic rings. The van der Waals surface area contributed by atoms with Crippen molar-refractivity contribution in [3.8, 4) is 0 Å². The Morgan fingerprint density at radius 1 is 1.00 bits per heavy atom. The minimum atomic E-state index is 0. The first kappa shape index (κ1) is 29.5. The molecule has 0 heterocycles. The van der Waals surface area contributed by atoms with E-state index >= 15 is 0 Å². The van der Waals surface area contributed by atoms with Crippen LogP contribution in [0.15, 0.2) is 0 Å². The number of hydrogen-bond donors (Lipinski definition) is 0. The van der Waals surface area contributed by atoms with E-state index in [1.807, 2.05) is 0 Å². The summed E-state index contributed by atoms with van der Waals surface area (Å²) in [4.78, 5) is 0. The fourth-order valence-electron chi connectivity index (χ4n) is 0. The Kier molecular flexibility index (Phi) is 126. The monoisotopic (exact) mass is 422 g/mol. The quantitative estimate of drug-likeness (QED) is 0.355. The van der Waals surface area contributed by atoms with E-state index in [0.717, 1.165) is 0 Å². The molecule has 0 atom stereocenters. The summed E-state index contributed by atoms with van der Waals surface area (Å²) < 4.78 is 0. The molecule has 0 rings (SSSR count). The van der Waals surface area contributed by atoms with Crippen LogP contribution >= 0.6 is 0 Å². The van der Waals surface area contributed by atoms with Crippen LogP contribution in [0.5, 0.6) is 0 Å². The molecule has 0 bridgehead atoms. The van der Waals surface area contributed by atoms with Gasteiger partial charge >= 0.3 is 50.6 Å². The van der Waals surface area contributed by atoms with Crippen LogP contribution in [0.2, 0.25) is 0 Å². The first-order valence-corrected chi connectivity index (χ1v) is 0. The van der Waals surface area contributed by atoms with E-state index < -0.39 is 0 Å². The maximum absolute atomic E-state index is 0. The van der Waals surface area contributed by atoms with Crippen LogP contribution in [-0.2, 0) is 17.1 Å². The summed E-state index contributed by atoms with van der Waals surface area (Å²) >= 11 is 0. The zero-order chi connectivity index (χ0) is 0. The molecule has 0 aromatic carbocycles. The third kappa shape index (κ3) is 8.83. The number of hydrogen-bond acceptors (Lipinski definition) is 0. The van der Waals surface area contributed by atoms with E-state index in [4.69, 9.17) is 0 Å². The zero-order valence-electron chi connectivity index (χ0n) is 1.77. The van der Waals surface area contributed by atoms with Gasteiger partial charge in [0.2, 0.25) is 0 Å². The van der Waals surface area contributed by atoms with E-state index in [2.05, 4.69) is 0 Å². The molecule has 0 aromatic rings. The fraction of sp³-hybridized carbons (Fsp3) is 0. The molecule has 30 valence electrons. The molecule has 0 aromatic heterocycles. The minimum absolute atomic E-state index is 0. The van der Waals surface area contributed by atoms with Gasteiger partial charge in [-0.1, -0.05) is 0 Å². The van der Waals surface area contributed by atoms with Gasteiger partial charge in [-0.2, -0.15) is 0 Å². The van der Waals surface area contributed by atoms with Crippen LogP contribution in [0.25, 0.3) is 0 Å². The summed E-state index contributed by atoms with van der Waals surface area (Å²) in [6.07, 6.45) is 0. The topological polar surface area (TPSA) is 0 Å². The van der Waals surface area contributed by atoms with Crippen molar-refractivity contribution in [2.45, 2.75) is 0 Å². The summed E-state index contributed by atoms with van der Waals surface area (Å²) in [5.74, 6) is 0. The third-order valence-corrected chi connectivity index (χ3v) is 0. The molecular formula is H9AlBiFeSb. The van der Waals surface area contributed by atoms with Crippen LogP contribution in [0.4, 0.5) is 0 Å². The second-order valence-electron chi connectivity index (χ2n) is 0. The van der Waals surface area contributed by atoms with E-state index in [0.29, 0.717) is 0 Å². The number of rotatable bonds is 0. The summed E-state index contributed by atoms with van der Waals surface area (Å²) in [5.41, 5.74) is 0. The van der Waals surface area contributed by atoms with Crippen LogP contribution in [0.1, 0.15) is 0 Å². The zero-order valence-corrected chi connectivity index (χ0v) is 12.4. The summed E-state index contributed by atoms with van der Waals surface area (Å²) in [5, 5.41) is 0. The molecule has 0 fully saturated rings. The van der Waals surface area contributed by atoms with E-state index in [9.17, 15) is 0 Å². The Morgan fingerprint density at radius 3 is 1.00 bits per heavy atom. The molecule has 0 unspecified atom stereocenters. The van der Waals surface area contributed by atoms with Gasteiger partial charge < -0.3 is 0 Å². The van der Waals surface area contributed by atoms with Crippen molar-refractivity contribution in [2.24, 2.45) is 0 Å².